The number of nitrogens with zero attached hydrogens (tertiary/aromatic N) is 3. The molecule has 4 aromatic rings. The van der Waals surface area contributed by atoms with Gasteiger partial charge in [-0.3, -0.25) is 9.59 Å². The van der Waals surface area contributed by atoms with Gasteiger partial charge in [-0.25, -0.2) is 4.79 Å². The molecule has 0 bridgehead atoms. The van der Waals surface area contributed by atoms with E-state index in [0.717, 1.165) is 16.5 Å². The van der Waals surface area contributed by atoms with Crippen LogP contribution in [0.25, 0.3) is 10.9 Å². The lowest BCUT2D eigenvalue weighted by Crippen LogP contribution is -2.49. The molecule has 1 fully saturated rings. The van der Waals surface area contributed by atoms with Crippen LogP contribution in [0.5, 0.6) is 0 Å². The summed E-state index contributed by atoms with van der Waals surface area (Å²) in [5, 5.41) is 1.49. The predicted molar refractivity (Wildman–Crippen MR) is 154 cm³/mol. The summed E-state index contributed by atoms with van der Waals surface area (Å²) in [6, 6.07) is 22.1. The van der Waals surface area contributed by atoms with E-state index in [1.54, 1.807) is 34.6 Å². The third-order valence-electron chi connectivity index (χ3n) is 6.86. The zero-order valence-electron chi connectivity index (χ0n) is 21.4. The monoisotopic (exact) mass is 563 g/mol. The first-order valence-electron chi connectivity index (χ1n) is 12.7. The third kappa shape index (κ3) is 5.37. The van der Waals surface area contributed by atoms with Crippen LogP contribution in [0.2, 0.25) is 10.0 Å². The lowest BCUT2D eigenvalue weighted by Gasteiger charge is -2.37. The van der Waals surface area contributed by atoms with Crippen LogP contribution in [0.4, 0.5) is 5.69 Å². The summed E-state index contributed by atoms with van der Waals surface area (Å²) in [7, 11) is 0. The number of aromatic nitrogens is 1. The molecule has 1 saturated heterocycles. The number of rotatable bonds is 6. The Labute approximate surface area is 236 Å². The van der Waals surface area contributed by atoms with E-state index in [4.69, 9.17) is 27.9 Å². The van der Waals surface area contributed by atoms with Crippen molar-refractivity contribution in [3.63, 3.8) is 0 Å². The highest BCUT2D eigenvalue weighted by Gasteiger charge is 2.30. The normalized spacial score (nSPS) is 13.5. The number of carbonyl (C=O) groups excluding carboxylic acids is 2. The molecular weight excluding hydrogens is 537 g/mol. The highest BCUT2D eigenvalue weighted by Crippen LogP contribution is 2.31. The fourth-order valence-electron chi connectivity index (χ4n) is 4.97. The van der Waals surface area contributed by atoms with Crippen LogP contribution in [0.3, 0.4) is 0 Å². The van der Waals surface area contributed by atoms with Crippen molar-refractivity contribution in [2.24, 2.45) is 0 Å². The van der Waals surface area contributed by atoms with Gasteiger partial charge in [0.25, 0.3) is 11.5 Å². The van der Waals surface area contributed by atoms with Gasteiger partial charge < -0.3 is 19.1 Å². The lowest BCUT2D eigenvalue weighted by atomic mass is 10.0. The van der Waals surface area contributed by atoms with E-state index in [2.05, 4.69) is 0 Å². The van der Waals surface area contributed by atoms with E-state index in [1.165, 1.54) is 0 Å². The van der Waals surface area contributed by atoms with E-state index in [1.807, 2.05) is 59.5 Å². The molecule has 0 aliphatic carbocycles. The van der Waals surface area contributed by atoms with Crippen molar-refractivity contribution in [3.8, 4) is 0 Å². The number of para-hydroxylation sites is 1. The van der Waals surface area contributed by atoms with Crippen molar-refractivity contribution in [1.29, 1.82) is 0 Å². The van der Waals surface area contributed by atoms with Gasteiger partial charge in [-0.2, -0.15) is 0 Å². The predicted octanol–water partition coefficient (Wildman–Crippen LogP) is 5.50. The van der Waals surface area contributed by atoms with Crippen molar-refractivity contribution >= 4 is 51.7 Å². The Bertz CT molecular complexity index is 1600. The summed E-state index contributed by atoms with van der Waals surface area (Å²) in [6.07, 6.45) is 0. The summed E-state index contributed by atoms with van der Waals surface area (Å²) in [5.41, 5.74) is 2.28. The molecule has 9 heteroatoms. The number of benzene rings is 3. The average Bonchev–Trinajstić information content (AvgIpc) is 2.96. The molecule has 1 aliphatic heterocycles. The van der Waals surface area contributed by atoms with Gasteiger partial charge in [0.05, 0.1) is 34.4 Å². The van der Waals surface area contributed by atoms with Crippen LogP contribution < -0.4 is 10.5 Å². The Morgan fingerprint density at radius 3 is 2.26 bits per heavy atom. The average molecular weight is 564 g/mol. The number of ether oxygens (including phenoxy) is 1. The summed E-state index contributed by atoms with van der Waals surface area (Å²) in [6.45, 7) is 3.87. The van der Waals surface area contributed by atoms with E-state index in [-0.39, 0.29) is 18.1 Å². The number of hydrogen-bond donors (Lipinski definition) is 0. The van der Waals surface area contributed by atoms with Crippen LogP contribution in [0.15, 0.2) is 77.6 Å². The highest BCUT2D eigenvalue weighted by molar-refractivity contribution is 6.42. The van der Waals surface area contributed by atoms with Gasteiger partial charge in [0.2, 0.25) is 0 Å². The molecular formula is C30H27Cl2N3O4. The van der Waals surface area contributed by atoms with Crippen molar-refractivity contribution < 1.29 is 14.3 Å². The van der Waals surface area contributed by atoms with Crippen molar-refractivity contribution in [3.05, 3.63) is 110 Å². The smallest absolute Gasteiger partial charge is 0.345 e. The summed E-state index contributed by atoms with van der Waals surface area (Å²) in [4.78, 5) is 44.0. The van der Waals surface area contributed by atoms with Crippen LogP contribution in [0.1, 0.15) is 33.2 Å². The van der Waals surface area contributed by atoms with Crippen LogP contribution in [-0.2, 0) is 11.3 Å². The number of fused-ring (bicyclic) bond motifs is 1. The minimum atomic E-state index is -0.653. The molecule has 0 unspecified atom stereocenters. The number of esters is 1. The van der Waals surface area contributed by atoms with Gasteiger partial charge in [0.15, 0.2) is 0 Å². The number of halogens is 2. The van der Waals surface area contributed by atoms with E-state index in [9.17, 15) is 14.4 Å². The maximum atomic E-state index is 13.9. The lowest BCUT2D eigenvalue weighted by molar-refractivity contribution is 0.0523. The topological polar surface area (TPSA) is 71.8 Å². The second-order valence-electron chi connectivity index (χ2n) is 9.25. The Hall–Kier alpha value is -3.81. The standard InChI is InChI=1S/C30H27Cl2N3O4/c1-2-39-30(38)26-27(33-14-16-34(17-15-33)28(36)21-12-13-23(31)24(32)18-21)22-10-6-7-11-25(22)35(29(26)37)19-20-8-4-3-5-9-20/h3-13,18H,2,14-17,19H2,1H3. The molecule has 7 nitrogen and oxygen atoms in total. The zero-order chi connectivity index (χ0) is 27.5. The Balaban J connectivity index is 1.53. The number of carbonyl (C=O) groups is 2. The molecule has 1 aliphatic rings. The molecule has 1 amide bonds. The summed E-state index contributed by atoms with van der Waals surface area (Å²) >= 11 is 12.1. The molecule has 0 atom stereocenters. The fourth-order valence-corrected chi connectivity index (χ4v) is 5.27. The second kappa shape index (κ2) is 11.5. The number of amides is 1. The van der Waals surface area contributed by atoms with Crippen molar-refractivity contribution in [2.45, 2.75) is 13.5 Å². The molecule has 200 valence electrons. The zero-order valence-corrected chi connectivity index (χ0v) is 22.9. The number of anilines is 1. The molecule has 0 spiro atoms. The molecule has 0 radical (unpaired) electrons. The first-order chi connectivity index (χ1) is 18.9. The summed E-state index contributed by atoms with van der Waals surface area (Å²) < 4.78 is 7.00. The molecule has 1 aromatic heterocycles. The van der Waals surface area contributed by atoms with Crippen molar-refractivity contribution in [1.82, 2.24) is 9.47 Å². The Morgan fingerprint density at radius 2 is 1.56 bits per heavy atom. The van der Waals surface area contributed by atoms with Crippen LogP contribution in [0, 0.1) is 0 Å². The molecule has 2 heterocycles. The van der Waals surface area contributed by atoms with Gasteiger partial charge in [-0.15, -0.1) is 0 Å². The number of piperazine rings is 1. The molecule has 5 rings (SSSR count). The molecule has 0 saturated carbocycles. The van der Waals surface area contributed by atoms with Crippen LogP contribution >= 0.6 is 23.2 Å². The molecule has 0 N–H and O–H groups in total. The fraction of sp³-hybridized carbons (Fsp3) is 0.233. The van der Waals surface area contributed by atoms with E-state index >= 15 is 0 Å². The number of pyridine rings is 1. The first kappa shape index (κ1) is 26.8. The second-order valence-corrected chi connectivity index (χ2v) is 10.1. The van der Waals surface area contributed by atoms with Gasteiger partial charge in [0.1, 0.15) is 5.56 Å². The Morgan fingerprint density at radius 1 is 0.872 bits per heavy atom. The SMILES string of the molecule is CCOC(=O)c1c(N2CCN(C(=O)c3ccc(Cl)c(Cl)c3)CC2)c2ccccc2n(Cc2ccccc2)c1=O. The van der Waals surface area contributed by atoms with E-state index in [0.29, 0.717) is 54.0 Å². The minimum Gasteiger partial charge on any atom is -0.462 e. The third-order valence-corrected chi connectivity index (χ3v) is 7.60. The molecule has 3 aromatic carbocycles. The van der Waals surface area contributed by atoms with Gasteiger partial charge >= 0.3 is 5.97 Å². The van der Waals surface area contributed by atoms with E-state index < -0.39 is 11.5 Å². The highest BCUT2D eigenvalue weighted by atomic mass is 35.5. The quantitative estimate of drug-likeness (QED) is 0.290. The minimum absolute atomic E-state index is 0.00995. The van der Waals surface area contributed by atoms with Crippen molar-refractivity contribution in [2.75, 3.05) is 37.7 Å². The van der Waals surface area contributed by atoms with Crippen LogP contribution in [-0.4, -0.2) is 54.1 Å². The van der Waals surface area contributed by atoms with Gasteiger partial charge in [-0.05, 0) is 36.8 Å². The largest absolute Gasteiger partial charge is 0.462 e. The van der Waals surface area contributed by atoms with Gasteiger partial charge in [-0.1, -0.05) is 71.7 Å². The van der Waals surface area contributed by atoms with Gasteiger partial charge in [0, 0.05) is 37.1 Å². The summed E-state index contributed by atoms with van der Waals surface area (Å²) in [5.74, 6) is -0.804. The Kier molecular flexibility index (Phi) is 7.91. The maximum Gasteiger partial charge on any atom is 0.345 e. The molecule has 39 heavy (non-hydrogen) atoms. The number of hydrogen-bond acceptors (Lipinski definition) is 5. The first-order valence-corrected chi connectivity index (χ1v) is 13.5. The maximum absolute atomic E-state index is 13.9.